The Morgan fingerprint density at radius 2 is 1.64 bits per heavy atom. The smallest absolute Gasteiger partial charge is 0.234 e. The highest BCUT2D eigenvalue weighted by Gasteiger charge is 2.13. The molecule has 0 heterocycles. The molecule has 0 spiro atoms. The lowest BCUT2D eigenvalue weighted by Gasteiger charge is -2.25. The molecular formula is C18H29FN2O. The minimum Gasteiger partial charge on any atom is -0.355 e. The highest BCUT2D eigenvalue weighted by molar-refractivity contribution is 5.78. The average molecular weight is 308 g/mol. The van der Waals surface area contributed by atoms with Gasteiger partial charge in [0.05, 0.1) is 6.54 Å². The summed E-state index contributed by atoms with van der Waals surface area (Å²) in [5.74, 6) is 0.922. The van der Waals surface area contributed by atoms with E-state index in [1.165, 1.54) is 12.1 Å². The van der Waals surface area contributed by atoms with Crippen molar-refractivity contribution in [3.63, 3.8) is 0 Å². The topological polar surface area (TPSA) is 32.3 Å². The Labute approximate surface area is 133 Å². The first-order chi connectivity index (χ1) is 10.4. The van der Waals surface area contributed by atoms with E-state index in [0.29, 0.717) is 24.9 Å². The summed E-state index contributed by atoms with van der Waals surface area (Å²) in [5, 5.41) is 2.95. The molecule has 0 fully saturated rings. The van der Waals surface area contributed by atoms with Crippen LogP contribution >= 0.6 is 0 Å². The normalized spacial score (nSPS) is 11.5. The number of nitrogens with zero attached hydrogens (tertiary/aromatic N) is 1. The van der Waals surface area contributed by atoms with Gasteiger partial charge in [-0.25, -0.2) is 4.39 Å². The van der Waals surface area contributed by atoms with Crippen LogP contribution in [0.1, 0.15) is 33.3 Å². The Bertz CT molecular complexity index is 433. The number of hydrogen-bond acceptors (Lipinski definition) is 2. The predicted octanol–water partition coefficient (Wildman–Crippen LogP) is 3.10. The Balaban J connectivity index is 2.34. The van der Waals surface area contributed by atoms with Crippen LogP contribution in [0.4, 0.5) is 4.39 Å². The fourth-order valence-electron chi connectivity index (χ4n) is 2.49. The van der Waals surface area contributed by atoms with Gasteiger partial charge in [-0.1, -0.05) is 39.8 Å². The van der Waals surface area contributed by atoms with E-state index in [1.807, 2.05) is 0 Å². The van der Waals surface area contributed by atoms with Crippen LogP contribution in [-0.2, 0) is 11.2 Å². The maximum absolute atomic E-state index is 12.8. The molecule has 124 valence electrons. The van der Waals surface area contributed by atoms with E-state index in [2.05, 4.69) is 37.9 Å². The van der Waals surface area contributed by atoms with Gasteiger partial charge in [-0.2, -0.15) is 0 Å². The minimum atomic E-state index is -0.231. The number of amides is 1. The number of halogens is 1. The maximum atomic E-state index is 12.8. The zero-order valence-corrected chi connectivity index (χ0v) is 14.2. The van der Waals surface area contributed by atoms with E-state index in [1.54, 1.807) is 12.1 Å². The Morgan fingerprint density at radius 3 is 2.14 bits per heavy atom. The number of hydrogen-bond donors (Lipinski definition) is 1. The lowest BCUT2D eigenvalue weighted by molar-refractivity contribution is -0.122. The Kier molecular flexibility index (Phi) is 8.10. The average Bonchev–Trinajstić information content (AvgIpc) is 2.39. The Hall–Kier alpha value is -1.42. The van der Waals surface area contributed by atoms with Gasteiger partial charge in [-0.05, 0) is 36.0 Å². The zero-order chi connectivity index (χ0) is 16.5. The minimum absolute atomic E-state index is 0.0587. The van der Waals surface area contributed by atoms with Crippen LogP contribution in [0, 0.1) is 17.7 Å². The van der Waals surface area contributed by atoms with E-state index in [0.717, 1.165) is 25.1 Å². The van der Waals surface area contributed by atoms with E-state index < -0.39 is 0 Å². The molecule has 0 saturated carbocycles. The molecule has 1 aromatic carbocycles. The Morgan fingerprint density at radius 1 is 1.09 bits per heavy atom. The van der Waals surface area contributed by atoms with Gasteiger partial charge in [0.15, 0.2) is 0 Å². The first kappa shape index (κ1) is 18.6. The summed E-state index contributed by atoms with van der Waals surface area (Å²) in [7, 11) is 0. The third-order valence-corrected chi connectivity index (χ3v) is 3.26. The molecular weight excluding hydrogens is 279 g/mol. The summed E-state index contributed by atoms with van der Waals surface area (Å²) >= 11 is 0. The molecule has 0 bridgehead atoms. The highest BCUT2D eigenvalue weighted by Crippen LogP contribution is 2.04. The molecule has 1 N–H and O–H groups in total. The van der Waals surface area contributed by atoms with Crippen molar-refractivity contribution in [2.24, 2.45) is 11.8 Å². The quantitative estimate of drug-likeness (QED) is 0.760. The van der Waals surface area contributed by atoms with Crippen LogP contribution in [0.15, 0.2) is 24.3 Å². The summed E-state index contributed by atoms with van der Waals surface area (Å²) in [6, 6.07) is 6.41. The molecule has 0 aliphatic rings. The van der Waals surface area contributed by atoms with Gasteiger partial charge in [-0.3, -0.25) is 9.69 Å². The molecule has 0 aliphatic heterocycles. The molecule has 1 rings (SSSR count). The number of carbonyl (C=O) groups is 1. The summed E-state index contributed by atoms with van der Waals surface area (Å²) in [5.41, 5.74) is 1.03. The molecule has 22 heavy (non-hydrogen) atoms. The summed E-state index contributed by atoms with van der Waals surface area (Å²) in [6.45, 7) is 11.6. The van der Waals surface area contributed by atoms with Gasteiger partial charge in [-0.15, -0.1) is 0 Å². The molecule has 3 nitrogen and oxygen atoms in total. The third kappa shape index (κ3) is 8.13. The first-order valence-electron chi connectivity index (χ1n) is 8.10. The largest absolute Gasteiger partial charge is 0.355 e. The molecule has 1 aromatic rings. The van der Waals surface area contributed by atoms with Gasteiger partial charge < -0.3 is 5.32 Å². The summed E-state index contributed by atoms with van der Waals surface area (Å²) < 4.78 is 12.8. The first-order valence-corrected chi connectivity index (χ1v) is 8.10. The molecule has 0 unspecified atom stereocenters. The molecule has 4 heteroatoms. The van der Waals surface area contributed by atoms with Crippen molar-refractivity contribution in [2.45, 2.75) is 34.1 Å². The highest BCUT2D eigenvalue weighted by atomic mass is 19.1. The second-order valence-electron chi connectivity index (χ2n) is 6.71. The molecule has 0 saturated heterocycles. The van der Waals surface area contributed by atoms with Gasteiger partial charge >= 0.3 is 0 Å². The van der Waals surface area contributed by atoms with Crippen LogP contribution in [-0.4, -0.2) is 37.0 Å². The lowest BCUT2D eigenvalue weighted by Crippen LogP contribution is -2.41. The van der Waals surface area contributed by atoms with E-state index in [9.17, 15) is 9.18 Å². The fourth-order valence-corrected chi connectivity index (χ4v) is 2.49. The third-order valence-electron chi connectivity index (χ3n) is 3.26. The molecule has 0 atom stereocenters. The molecule has 1 amide bonds. The summed E-state index contributed by atoms with van der Waals surface area (Å²) in [4.78, 5) is 14.3. The number of nitrogens with one attached hydrogen (secondary N) is 1. The van der Waals surface area contributed by atoms with E-state index >= 15 is 0 Å². The van der Waals surface area contributed by atoms with Gasteiger partial charge in [0.25, 0.3) is 0 Å². The maximum Gasteiger partial charge on any atom is 0.234 e. The van der Waals surface area contributed by atoms with Crippen LogP contribution in [0.5, 0.6) is 0 Å². The van der Waals surface area contributed by atoms with Crippen LogP contribution in [0.2, 0.25) is 0 Å². The van der Waals surface area contributed by atoms with E-state index in [-0.39, 0.29) is 11.7 Å². The zero-order valence-electron chi connectivity index (χ0n) is 14.2. The second-order valence-corrected chi connectivity index (χ2v) is 6.71. The van der Waals surface area contributed by atoms with Crippen molar-refractivity contribution in [1.29, 1.82) is 0 Å². The molecule has 0 aliphatic carbocycles. The number of rotatable bonds is 9. The summed E-state index contributed by atoms with van der Waals surface area (Å²) in [6.07, 6.45) is 0.723. The van der Waals surface area contributed by atoms with E-state index in [4.69, 9.17) is 0 Å². The van der Waals surface area contributed by atoms with Crippen molar-refractivity contribution in [2.75, 3.05) is 26.2 Å². The van der Waals surface area contributed by atoms with Crippen molar-refractivity contribution in [3.8, 4) is 0 Å². The fraction of sp³-hybridized carbons (Fsp3) is 0.611. The van der Waals surface area contributed by atoms with Crippen LogP contribution < -0.4 is 5.32 Å². The number of benzene rings is 1. The SMILES string of the molecule is CC(C)CN(CC(=O)NCCc1ccc(F)cc1)CC(C)C. The molecule has 0 aromatic heterocycles. The standard InChI is InChI=1S/C18H29FN2O/c1-14(2)11-21(12-15(3)4)13-18(22)20-10-9-16-5-7-17(19)8-6-16/h5-8,14-15H,9-13H2,1-4H3,(H,20,22). The van der Waals surface area contributed by atoms with Crippen molar-refractivity contribution >= 4 is 5.91 Å². The predicted molar refractivity (Wildman–Crippen MR) is 89.2 cm³/mol. The van der Waals surface area contributed by atoms with Crippen LogP contribution in [0.25, 0.3) is 0 Å². The van der Waals surface area contributed by atoms with Crippen molar-refractivity contribution in [3.05, 3.63) is 35.6 Å². The monoisotopic (exact) mass is 308 g/mol. The van der Waals surface area contributed by atoms with Crippen molar-refractivity contribution < 1.29 is 9.18 Å². The van der Waals surface area contributed by atoms with Crippen molar-refractivity contribution in [1.82, 2.24) is 10.2 Å². The lowest BCUT2D eigenvalue weighted by atomic mass is 10.1. The number of carbonyl (C=O) groups excluding carboxylic acids is 1. The van der Waals surface area contributed by atoms with Gasteiger partial charge in [0, 0.05) is 19.6 Å². The van der Waals surface area contributed by atoms with Gasteiger partial charge in [0.1, 0.15) is 5.82 Å². The molecule has 0 radical (unpaired) electrons. The second kappa shape index (κ2) is 9.57. The van der Waals surface area contributed by atoms with Crippen LogP contribution in [0.3, 0.4) is 0 Å². The van der Waals surface area contributed by atoms with Gasteiger partial charge in [0.2, 0.25) is 5.91 Å².